The fourth-order valence-corrected chi connectivity index (χ4v) is 0.779. The normalized spacial score (nSPS) is 15.1. The highest BCUT2D eigenvalue weighted by atomic mass is 16.5. The summed E-state index contributed by atoms with van der Waals surface area (Å²) in [5, 5.41) is 16.5. The molecular formula is C8H13NO5. The second-order valence-corrected chi connectivity index (χ2v) is 2.74. The molecule has 6 heteroatoms. The Balaban J connectivity index is 0.000000255. The number of hydrogen-bond acceptors (Lipinski definition) is 4. The van der Waals surface area contributed by atoms with Crippen LogP contribution in [0.25, 0.3) is 0 Å². The molecule has 6 nitrogen and oxygen atoms in total. The van der Waals surface area contributed by atoms with Gasteiger partial charge in [0.1, 0.15) is 0 Å². The van der Waals surface area contributed by atoms with E-state index >= 15 is 0 Å². The number of nitrogens with zero attached hydrogens (tertiary/aromatic N) is 1. The van der Waals surface area contributed by atoms with Gasteiger partial charge >= 0.3 is 5.97 Å². The average molecular weight is 203 g/mol. The summed E-state index contributed by atoms with van der Waals surface area (Å²) in [6.07, 6.45) is 1.32. The second kappa shape index (κ2) is 6.09. The lowest BCUT2D eigenvalue weighted by atomic mass is 10.4. The van der Waals surface area contributed by atoms with Gasteiger partial charge in [-0.3, -0.25) is 19.6 Å². The topological polar surface area (TPSA) is 94.9 Å². The van der Waals surface area contributed by atoms with E-state index in [0.29, 0.717) is 6.42 Å². The Morgan fingerprint density at radius 3 is 1.86 bits per heavy atom. The maximum absolute atomic E-state index is 10.2. The molecule has 0 aliphatic carbocycles. The van der Waals surface area contributed by atoms with E-state index in [4.69, 9.17) is 10.3 Å². The van der Waals surface area contributed by atoms with E-state index in [1.165, 1.54) is 0 Å². The zero-order valence-corrected chi connectivity index (χ0v) is 7.89. The standard InChI is InChI=1S/C4H5NO3.C4H8O2/c6-3-1-2-4(7)5(3)8;1-2-3-4(5)6/h8H,1-2H2;2-3H2,1H3,(H,5,6). The average Bonchev–Trinajstić information content (AvgIpc) is 2.37. The quantitative estimate of drug-likeness (QED) is 0.500. The van der Waals surface area contributed by atoms with Gasteiger partial charge in [0.15, 0.2) is 0 Å². The van der Waals surface area contributed by atoms with Crippen molar-refractivity contribution in [1.29, 1.82) is 0 Å². The van der Waals surface area contributed by atoms with Crippen molar-refractivity contribution >= 4 is 17.8 Å². The molecule has 0 aromatic carbocycles. The molecule has 2 amide bonds. The van der Waals surface area contributed by atoms with Crippen LogP contribution in [0.5, 0.6) is 0 Å². The number of carboxylic acids is 1. The molecule has 1 aliphatic rings. The Labute approximate surface area is 81.1 Å². The number of carbonyl (C=O) groups is 3. The number of carbonyl (C=O) groups excluding carboxylic acids is 2. The lowest BCUT2D eigenvalue weighted by Crippen LogP contribution is -2.24. The molecule has 0 spiro atoms. The summed E-state index contributed by atoms with van der Waals surface area (Å²) >= 11 is 0. The molecule has 80 valence electrons. The minimum atomic E-state index is -0.711. The molecule has 2 N–H and O–H groups in total. The van der Waals surface area contributed by atoms with Crippen molar-refractivity contribution in [3.63, 3.8) is 0 Å². The van der Waals surface area contributed by atoms with Gasteiger partial charge in [-0.25, -0.2) is 0 Å². The van der Waals surface area contributed by atoms with Crippen molar-refractivity contribution in [1.82, 2.24) is 5.06 Å². The number of aliphatic carboxylic acids is 1. The molecule has 0 bridgehead atoms. The fraction of sp³-hybridized carbons (Fsp3) is 0.625. The van der Waals surface area contributed by atoms with Crippen LogP contribution in [0.3, 0.4) is 0 Å². The van der Waals surface area contributed by atoms with Crippen molar-refractivity contribution in [2.45, 2.75) is 32.6 Å². The largest absolute Gasteiger partial charge is 0.481 e. The van der Waals surface area contributed by atoms with E-state index in [2.05, 4.69) is 0 Å². The highest BCUT2D eigenvalue weighted by Gasteiger charge is 2.26. The van der Waals surface area contributed by atoms with Crippen molar-refractivity contribution in [2.24, 2.45) is 0 Å². The first-order chi connectivity index (χ1) is 6.49. The number of rotatable bonds is 2. The van der Waals surface area contributed by atoms with E-state index in [1.54, 1.807) is 0 Å². The highest BCUT2D eigenvalue weighted by molar-refractivity contribution is 6.00. The summed E-state index contributed by atoms with van der Waals surface area (Å²) in [7, 11) is 0. The van der Waals surface area contributed by atoms with Crippen LogP contribution >= 0.6 is 0 Å². The molecule has 0 radical (unpaired) electrons. The van der Waals surface area contributed by atoms with E-state index < -0.39 is 17.8 Å². The maximum Gasteiger partial charge on any atom is 0.303 e. The first-order valence-corrected chi connectivity index (χ1v) is 4.25. The van der Waals surface area contributed by atoms with Crippen LogP contribution in [0.2, 0.25) is 0 Å². The maximum atomic E-state index is 10.2. The van der Waals surface area contributed by atoms with E-state index in [-0.39, 0.29) is 17.9 Å². The number of carboxylic acid groups (broad SMARTS) is 1. The van der Waals surface area contributed by atoms with Gasteiger partial charge in [-0.15, -0.1) is 0 Å². The van der Waals surface area contributed by atoms with Crippen LogP contribution in [-0.2, 0) is 14.4 Å². The van der Waals surface area contributed by atoms with Crippen LogP contribution < -0.4 is 0 Å². The Hall–Kier alpha value is -1.43. The van der Waals surface area contributed by atoms with Crippen molar-refractivity contribution < 1.29 is 24.7 Å². The van der Waals surface area contributed by atoms with E-state index in [1.807, 2.05) is 6.92 Å². The van der Waals surface area contributed by atoms with Crippen LogP contribution in [0, 0.1) is 0 Å². The van der Waals surface area contributed by atoms with Crippen LogP contribution in [0.15, 0.2) is 0 Å². The first-order valence-electron chi connectivity index (χ1n) is 4.25. The second-order valence-electron chi connectivity index (χ2n) is 2.74. The number of hydroxylamine groups is 2. The predicted octanol–water partition coefficient (Wildman–Crippen LogP) is 0.396. The molecule has 0 atom stereocenters. The van der Waals surface area contributed by atoms with Crippen LogP contribution in [0.1, 0.15) is 32.6 Å². The monoisotopic (exact) mass is 203 g/mol. The third kappa shape index (κ3) is 4.56. The predicted molar refractivity (Wildman–Crippen MR) is 45.4 cm³/mol. The third-order valence-corrected chi connectivity index (χ3v) is 1.49. The summed E-state index contributed by atoms with van der Waals surface area (Å²) in [6, 6.07) is 0. The lowest BCUT2D eigenvalue weighted by Gasteiger charge is -1.98. The zero-order chi connectivity index (χ0) is 11.1. The highest BCUT2D eigenvalue weighted by Crippen LogP contribution is 2.06. The van der Waals surface area contributed by atoms with E-state index in [0.717, 1.165) is 6.42 Å². The summed E-state index contributed by atoms with van der Waals surface area (Å²) in [4.78, 5) is 30.1. The van der Waals surface area contributed by atoms with Gasteiger partial charge in [0.2, 0.25) is 0 Å². The number of hydrogen-bond donors (Lipinski definition) is 2. The van der Waals surface area contributed by atoms with Gasteiger partial charge in [0.25, 0.3) is 11.8 Å². The number of amides is 2. The SMILES string of the molecule is CCCC(=O)O.O=C1CCC(=O)N1O. The summed E-state index contributed by atoms with van der Waals surface area (Å²) in [5.41, 5.74) is 0. The lowest BCUT2D eigenvalue weighted by molar-refractivity contribution is -0.171. The van der Waals surface area contributed by atoms with Gasteiger partial charge in [-0.05, 0) is 6.42 Å². The van der Waals surface area contributed by atoms with Crippen molar-refractivity contribution in [3.8, 4) is 0 Å². The van der Waals surface area contributed by atoms with Gasteiger partial charge < -0.3 is 5.11 Å². The molecule has 1 fully saturated rings. The van der Waals surface area contributed by atoms with Gasteiger partial charge in [-0.1, -0.05) is 6.92 Å². The molecule has 0 saturated carbocycles. The molecule has 1 saturated heterocycles. The molecule has 1 rings (SSSR count). The third-order valence-electron chi connectivity index (χ3n) is 1.49. The minimum Gasteiger partial charge on any atom is -0.481 e. The van der Waals surface area contributed by atoms with Gasteiger partial charge in [-0.2, -0.15) is 5.06 Å². The first kappa shape index (κ1) is 12.6. The Bertz CT molecular complexity index is 222. The Morgan fingerprint density at radius 2 is 1.79 bits per heavy atom. The van der Waals surface area contributed by atoms with Crippen molar-refractivity contribution in [3.05, 3.63) is 0 Å². The molecule has 0 aromatic heterocycles. The van der Waals surface area contributed by atoms with Crippen LogP contribution in [-0.4, -0.2) is 33.2 Å². The molecule has 0 unspecified atom stereocenters. The fourth-order valence-electron chi connectivity index (χ4n) is 0.779. The molecular weight excluding hydrogens is 190 g/mol. The Kier molecular flexibility index (Phi) is 5.47. The van der Waals surface area contributed by atoms with Gasteiger partial charge in [0.05, 0.1) is 0 Å². The van der Waals surface area contributed by atoms with Crippen molar-refractivity contribution in [2.75, 3.05) is 0 Å². The Morgan fingerprint density at radius 1 is 1.36 bits per heavy atom. The van der Waals surface area contributed by atoms with Crippen LogP contribution in [0.4, 0.5) is 0 Å². The summed E-state index contributed by atoms with van der Waals surface area (Å²) in [5.74, 6) is -1.72. The summed E-state index contributed by atoms with van der Waals surface area (Å²) in [6.45, 7) is 1.84. The molecule has 14 heavy (non-hydrogen) atoms. The minimum absolute atomic E-state index is 0.148. The van der Waals surface area contributed by atoms with E-state index in [9.17, 15) is 14.4 Å². The molecule has 0 aromatic rings. The zero-order valence-electron chi connectivity index (χ0n) is 7.89. The molecule has 1 heterocycles. The summed E-state index contributed by atoms with van der Waals surface area (Å²) < 4.78 is 0. The smallest absolute Gasteiger partial charge is 0.303 e. The molecule has 1 aliphatic heterocycles. The number of imide groups is 1. The van der Waals surface area contributed by atoms with Gasteiger partial charge in [0, 0.05) is 19.3 Å².